The third kappa shape index (κ3) is 2.30. The van der Waals surface area contributed by atoms with Gasteiger partial charge in [-0.15, -0.1) is 0 Å². The number of fused-ring (bicyclic) bond motifs is 1. The highest BCUT2D eigenvalue weighted by Gasteiger charge is 2.22. The molecule has 20 heavy (non-hydrogen) atoms. The maximum Gasteiger partial charge on any atom is 0.122 e. The highest BCUT2D eigenvalue weighted by Crippen LogP contribution is 2.33. The lowest BCUT2D eigenvalue weighted by atomic mass is 10.0. The third-order valence-electron chi connectivity index (χ3n) is 3.56. The number of aromatic nitrogens is 2. The van der Waals surface area contributed by atoms with E-state index in [0.717, 1.165) is 36.3 Å². The highest BCUT2D eigenvalue weighted by atomic mass is 35.5. The second kappa shape index (κ2) is 5.46. The molecular weight excluding hydrogens is 276 g/mol. The molecule has 106 valence electrons. The Morgan fingerprint density at radius 3 is 3.15 bits per heavy atom. The summed E-state index contributed by atoms with van der Waals surface area (Å²) in [6.45, 7) is 3.52. The monoisotopic (exact) mass is 292 g/mol. The third-order valence-corrected chi connectivity index (χ3v) is 3.85. The van der Waals surface area contributed by atoms with Crippen molar-refractivity contribution < 1.29 is 9.84 Å². The van der Waals surface area contributed by atoms with E-state index in [-0.39, 0.29) is 0 Å². The van der Waals surface area contributed by atoms with Gasteiger partial charge in [0, 0.05) is 13.0 Å². The van der Waals surface area contributed by atoms with Crippen molar-refractivity contribution in [1.82, 2.24) is 9.78 Å². The van der Waals surface area contributed by atoms with E-state index in [2.05, 4.69) is 12.0 Å². The number of hydrogen-bond acceptors (Lipinski definition) is 3. The summed E-state index contributed by atoms with van der Waals surface area (Å²) in [5.41, 5.74) is 2.63. The van der Waals surface area contributed by atoms with E-state index in [4.69, 9.17) is 16.3 Å². The van der Waals surface area contributed by atoms with Crippen LogP contribution in [0.5, 0.6) is 5.75 Å². The van der Waals surface area contributed by atoms with Crippen molar-refractivity contribution in [1.29, 1.82) is 0 Å². The van der Waals surface area contributed by atoms with Crippen LogP contribution in [0, 0.1) is 0 Å². The van der Waals surface area contributed by atoms with E-state index < -0.39 is 6.10 Å². The molecular formula is C15H17ClN2O2. The number of aliphatic hydroxyl groups is 1. The van der Waals surface area contributed by atoms with Gasteiger partial charge in [0.2, 0.25) is 0 Å². The Kier molecular flexibility index (Phi) is 3.68. The number of nitrogens with zero attached hydrogens (tertiary/aromatic N) is 2. The van der Waals surface area contributed by atoms with Crippen LogP contribution in [0.2, 0.25) is 5.02 Å². The molecule has 5 heteroatoms. The normalized spacial score (nSPS) is 14.9. The molecule has 1 unspecified atom stereocenters. The van der Waals surface area contributed by atoms with E-state index in [1.165, 1.54) is 0 Å². The van der Waals surface area contributed by atoms with Crippen LogP contribution >= 0.6 is 11.6 Å². The summed E-state index contributed by atoms with van der Waals surface area (Å²) in [6.07, 6.45) is 2.65. The lowest BCUT2D eigenvalue weighted by Crippen LogP contribution is -2.10. The summed E-state index contributed by atoms with van der Waals surface area (Å²) in [5, 5.41) is 15.3. The van der Waals surface area contributed by atoms with Crippen molar-refractivity contribution in [3.05, 3.63) is 46.2 Å². The molecule has 2 heterocycles. The van der Waals surface area contributed by atoms with E-state index in [9.17, 15) is 5.11 Å². The van der Waals surface area contributed by atoms with E-state index >= 15 is 0 Å². The Labute approximate surface area is 122 Å². The number of ether oxygens (including phenoxy) is 1. The van der Waals surface area contributed by atoms with Crippen LogP contribution in [0.1, 0.15) is 36.3 Å². The molecule has 0 radical (unpaired) electrons. The Morgan fingerprint density at radius 1 is 1.50 bits per heavy atom. The summed E-state index contributed by atoms with van der Waals surface area (Å²) in [6, 6.07) is 5.79. The minimum absolute atomic E-state index is 0.502. The maximum absolute atomic E-state index is 10.6. The molecule has 1 aliphatic heterocycles. The first-order valence-electron chi connectivity index (χ1n) is 6.85. The van der Waals surface area contributed by atoms with Crippen LogP contribution in [-0.4, -0.2) is 21.5 Å². The number of benzene rings is 1. The number of rotatable bonds is 4. The second-order valence-corrected chi connectivity index (χ2v) is 5.38. The number of aryl methyl sites for hydroxylation is 1. The number of aliphatic hydroxyl groups excluding tert-OH is 1. The predicted octanol–water partition coefficient (Wildman–Crippen LogP) is 2.96. The fourth-order valence-corrected chi connectivity index (χ4v) is 2.81. The van der Waals surface area contributed by atoms with Gasteiger partial charge in [-0.2, -0.15) is 5.10 Å². The number of hydrogen-bond donors (Lipinski definition) is 1. The van der Waals surface area contributed by atoms with Gasteiger partial charge in [-0.3, -0.25) is 4.68 Å². The van der Waals surface area contributed by atoms with Crippen LogP contribution in [-0.2, 0) is 13.0 Å². The van der Waals surface area contributed by atoms with Crippen LogP contribution in [0.25, 0.3) is 0 Å². The smallest absolute Gasteiger partial charge is 0.122 e. The summed E-state index contributed by atoms with van der Waals surface area (Å²) in [4.78, 5) is 0. The fraction of sp³-hybridized carbons (Fsp3) is 0.400. The largest absolute Gasteiger partial charge is 0.493 e. The van der Waals surface area contributed by atoms with E-state index in [1.54, 1.807) is 10.9 Å². The van der Waals surface area contributed by atoms with Gasteiger partial charge in [0.05, 0.1) is 23.5 Å². The quantitative estimate of drug-likeness (QED) is 0.942. The van der Waals surface area contributed by atoms with Crippen molar-refractivity contribution in [2.45, 2.75) is 32.4 Å². The molecule has 0 bridgehead atoms. The number of halogens is 1. The summed E-state index contributed by atoms with van der Waals surface area (Å²) >= 11 is 6.17. The summed E-state index contributed by atoms with van der Waals surface area (Å²) in [7, 11) is 0. The Morgan fingerprint density at radius 2 is 2.35 bits per heavy atom. The lowest BCUT2D eigenvalue weighted by Gasteiger charge is -2.15. The molecule has 1 aromatic heterocycles. The summed E-state index contributed by atoms with van der Waals surface area (Å²) in [5.74, 6) is 0.911. The van der Waals surface area contributed by atoms with Crippen molar-refractivity contribution in [2.24, 2.45) is 0 Å². The van der Waals surface area contributed by atoms with Gasteiger partial charge in [0.25, 0.3) is 0 Å². The Balaban J connectivity index is 1.96. The van der Waals surface area contributed by atoms with Crippen molar-refractivity contribution in [3.63, 3.8) is 0 Å². The second-order valence-electron chi connectivity index (χ2n) is 4.97. The molecule has 0 saturated heterocycles. The fourth-order valence-electron chi connectivity index (χ4n) is 2.57. The molecule has 4 nitrogen and oxygen atoms in total. The first kappa shape index (κ1) is 13.5. The van der Waals surface area contributed by atoms with Crippen molar-refractivity contribution in [3.8, 4) is 5.75 Å². The van der Waals surface area contributed by atoms with Crippen LogP contribution in [0.4, 0.5) is 0 Å². The zero-order valence-corrected chi connectivity index (χ0v) is 12.1. The molecule has 0 amide bonds. The van der Waals surface area contributed by atoms with Gasteiger partial charge >= 0.3 is 0 Å². The maximum atomic E-state index is 10.6. The average molecular weight is 293 g/mol. The van der Waals surface area contributed by atoms with Gasteiger partial charge < -0.3 is 9.84 Å². The minimum atomic E-state index is -0.762. The van der Waals surface area contributed by atoms with Crippen LogP contribution in [0.15, 0.2) is 24.4 Å². The minimum Gasteiger partial charge on any atom is -0.493 e. The SMILES string of the molecule is CCCn1ncc(Cl)c1C(O)c1ccc2c(c1)CCO2. The first-order chi connectivity index (χ1) is 9.70. The molecule has 0 saturated carbocycles. The van der Waals surface area contributed by atoms with Crippen molar-refractivity contribution in [2.75, 3.05) is 6.61 Å². The zero-order valence-electron chi connectivity index (χ0n) is 11.3. The van der Waals surface area contributed by atoms with Crippen molar-refractivity contribution >= 4 is 11.6 Å². The zero-order chi connectivity index (χ0) is 14.1. The van der Waals surface area contributed by atoms with E-state index in [0.29, 0.717) is 17.3 Å². The van der Waals surface area contributed by atoms with E-state index in [1.807, 2.05) is 18.2 Å². The molecule has 2 aromatic rings. The molecule has 0 spiro atoms. The molecule has 1 N–H and O–H groups in total. The van der Waals surface area contributed by atoms with Gasteiger partial charge in [0.1, 0.15) is 11.9 Å². The first-order valence-corrected chi connectivity index (χ1v) is 7.23. The van der Waals surface area contributed by atoms with Gasteiger partial charge in [-0.25, -0.2) is 0 Å². The lowest BCUT2D eigenvalue weighted by molar-refractivity contribution is 0.207. The molecule has 1 atom stereocenters. The molecule has 0 fully saturated rings. The molecule has 0 aliphatic carbocycles. The Bertz CT molecular complexity index is 624. The highest BCUT2D eigenvalue weighted by molar-refractivity contribution is 6.31. The van der Waals surface area contributed by atoms with Gasteiger partial charge in [0.15, 0.2) is 0 Å². The van der Waals surface area contributed by atoms with Crippen LogP contribution in [0.3, 0.4) is 0 Å². The van der Waals surface area contributed by atoms with Gasteiger partial charge in [-0.1, -0.05) is 24.6 Å². The average Bonchev–Trinajstić information content (AvgIpc) is 3.04. The summed E-state index contributed by atoms with van der Waals surface area (Å²) < 4.78 is 7.26. The van der Waals surface area contributed by atoms with Gasteiger partial charge in [-0.05, 0) is 29.7 Å². The molecule has 1 aromatic carbocycles. The predicted molar refractivity (Wildman–Crippen MR) is 77.2 cm³/mol. The Hall–Kier alpha value is -1.52. The standard InChI is InChI=1S/C15H17ClN2O2/c1-2-6-18-14(12(16)9-17-18)15(19)11-3-4-13-10(8-11)5-7-20-13/h3-4,8-9,15,19H,2,5-7H2,1H3. The topological polar surface area (TPSA) is 47.3 Å². The molecule has 1 aliphatic rings. The van der Waals surface area contributed by atoms with Crippen LogP contribution < -0.4 is 4.74 Å². The molecule has 3 rings (SSSR count).